The van der Waals surface area contributed by atoms with Gasteiger partial charge in [-0.3, -0.25) is 4.90 Å². The third kappa shape index (κ3) is 6.34. The molecule has 1 fully saturated rings. The Morgan fingerprint density at radius 2 is 2.08 bits per heavy atom. The van der Waals surface area contributed by atoms with Gasteiger partial charge in [-0.1, -0.05) is 29.8 Å². The van der Waals surface area contributed by atoms with Crippen LogP contribution < -0.4 is 5.32 Å². The molecule has 0 spiro atoms. The van der Waals surface area contributed by atoms with Gasteiger partial charge in [0, 0.05) is 48.9 Å². The lowest BCUT2D eigenvalue weighted by Gasteiger charge is -2.36. The molecule has 0 saturated carbocycles. The van der Waals surface area contributed by atoms with Gasteiger partial charge in [0.05, 0.1) is 5.69 Å². The normalized spacial score (nSPS) is 18.0. The second-order valence-corrected chi connectivity index (χ2v) is 9.50. The van der Waals surface area contributed by atoms with Gasteiger partial charge < -0.3 is 5.32 Å². The Bertz CT molecular complexity index is 815. The maximum absolute atomic E-state index is 11.4. The predicted molar refractivity (Wildman–Crippen MR) is 113 cm³/mol. The molecular formula is C16H22Cl3N3O2S2. The van der Waals surface area contributed by atoms with E-state index in [0.29, 0.717) is 11.6 Å². The highest BCUT2D eigenvalue weighted by atomic mass is 35.5. The van der Waals surface area contributed by atoms with E-state index in [9.17, 15) is 8.42 Å². The number of rotatable bonds is 5. The van der Waals surface area contributed by atoms with E-state index in [4.69, 9.17) is 11.6 Å². The number of nitrogens with one attached hydrogen (secondary N) is 1. The summed E-state index contributed by atoms with van der Waals surface area (Å²) < 4.78 is 22.8. The molecule has 2 heterocycles. The SMILES string of the molecule is CS(=O)(=O)Cc1nc(CN2CCNCC2c2ccccc2Cl)cs1.Cl.Cl. The summed E-state index contributed by atoms with van der Waals surface area (Å²) in [4.78, 5) is 6.83. The third-order valence-corrected chi connectivity index (χ3v) is 6.19. The number of sulfone groups is 1. The molecule has 0 radical (unpaired) electrons. The minimum absolute atomic E-state index is 0. The molecule has 1 atom stereocenters. The molecule has 1 unspecified atom stereocenters. The zero-order chi connectivity index (χ0) is 17.2. The fourth-order valence-electron chi connectivity index (χ4n) is 2.91. The first-order chi connectivity index (χ1) is 11.4. The molecule has 146 valence electrons. The van der Waals surface area contributed by atoms with Crippen molar-refractivity contribution in [3.63, 3.8) is 0 Å². The number of piperazine rings is 1. The Balaban J connectivity index is 0.00000169. The number of hydrogen-bond donors (Lipinski definition) is 1. The zero-order valence-corrected chi connectivity index (χ0v) is 18.2. The standard InChI is InChI=1S/C16H20ClN3O2S2.2ClH/c1-24(21,22)11-16-19-12(10-23-16)9-20-7-6-18-8-15(20)13-4-2-3-5-14(13)17;;/h2-5,10,15,18H,6-9,11H2,1H3;2*1H. The molecule has 0 bridgehead atoms. The monoisotopic (exact) mass is 457 g/mol. The lowest BCUT2D eigenvalue weighted by Crippen LogP contribution is -2.45. The highest BCUT2D eigenvalue weighted by molar-refractivity contribution is 7.90. The average molecular weight is 459 g/mol. The number of benzene rings is 1. The third-order valence-electron chi connectivity index (χ3n) is 3.97. The molecule has 2 aromatic rings. The van der Waals surface area contributed by atoms with Crippen LogP contribution in [0.2, 0.25) is 5.02 Å². The Hall–Kier alpha value is -0.410. The van der Waals surface area contributed by atoms with Crippen molar-refractivity contribution in [1.29, 1.82) is 0 Å². The number of thiazole rings is 1. The van der Waals surface area contributed by atoms with Gasteiger partial charge in [-0.15, -0.1) is 36.2 Å². The molecule has 0 aliphatic carbocycles. The van der Waals surface area contributed by atoms with Crippen LogP contribution in [0.15, 0.2) is 29.6 Å². The number of nitrogens with zero attached hydrogens (tertiary/aromatic N) is 2. The van der Waals surface area contributed by atoms with Gasteiger partial charge in [-0.25, -0.2) is 13.4 Å². The molecule has 1 aliphatic heterocycles. The largest absolute Gasteiger partial charge is 0.314 e. The lowest BCUT2D eigenvalue weighted by atomic mass is 10.0. The number of halogens is 3. The van der Waals surface area contributed by atoms with Crippen LogP contribution in [-0.2, 0) is 22.1 Å². The van der Waals surface area contributed by atoms with Gasteiger partial charge in [0.2, 0.25) is 0 Å². The Labute approximate surface area is 175 Å². The Morgan fingerprint density at radius 1 is 1.35 bits per heavy atom. The lowest BCUT2D eigenvalue weighted by molar-refractivity contribution is 0.152. The van der Waals surface area contributed by atoms with Gasteiger partial charge in [0.1, 0.15) is 10.8 Å². The van der Waals surface area contributed by atoms with Crippen molar-refractivity contribution in [2.45, 2.75) is 18.3 Å². The van der Waals surface area contributed by atoms with Crippen molar-refractivity contribution in [3.05, 3.63) is 50.9 Å². The summed E-state index contributed by atoms with van der Waals surface area (Å²) in [5.41, 5.74) is 2.02. The summed E-state index contributed by atoms with van der Waals surface area (Å²) in [5, 5.41) is 6.79. The molecule has 3 rings (SSSR count). The molecular weight excluding hydrogens is 437 g/mol. The predicted octanol–water partition coefficient (Wildman–Crippen LogP) is 3.33. The first kappa shape index (κ1) is 23.6. The van der Waals surface area contributed by atoms with Crippen LogP contribution in [0.3, 0.4) is 0 Å². The van der Waals surface area contributed by atoms with E-state index in [2.05, 4.69) is 21.3 Å². The molecule has 1 aromatic carbocycles. The summed E-state index contributed by atoms with van der Waals surface area (Å²) in [7, 11) is -3.05. The fraction of sp³-hybridized carbons (Fsp3) is 0.438. The molecule has 0 amide bonds. The van der Waals surface area contributed by atoms with Crippen molar-refractivity contribution in [3.8, 4) is 0 Å². The second kappa shape index (κ2) is 10.2. The van der Waals surface area contributed by atoms with E-state index in [1.54, 1.807) is 0 Å². The Morgan fingerprint density at radius 3 is 2.77 bits per heavy atom. The minimum atomic E-state index is -3.05. The van der Waals surface area contributed by atoms with Gasteiger partial charge in [-0.2, -0.15) is 0 Å². The van der Waals surface area contributed by atoms with Crippen molar-refractivity contribution in [1.82, 2.24) is 15.2 Å². The molecule has 1 aliphatic rings. The first-order valence-electron chi connectivity index (χ1n) is 7.72. The van der Waals surface area contributed by atoms with Crippen molar-refractivity contribution in [2.75, 3.05) is 25.9 Å². The van der Waals surface area contributed by atoms with Crippen molar-refractivity contribution >= 4 is 57.6 Å². The maximum atomic E-state index is 11.4. The average Bonchev–Trinajstić information content (AvgIpc) is 2.93. The van der Waals surface area contributed by atoms with Crippen molar-refractivity contribution in [2.24, 2.45) is 0 Å². The molecule has 5 nitrogen and oxygen atoms in total. The van der Waals surface area contributed by atoms with Crippen molar-refractivity contribution < 1.29 is 8.42 Å². The minimum Gasteiger partial charge on any atom is -0.314 e. The molecule has 1 aromatic heterocycles. The van der Waals surface area contributed by atoms with Crippen LogP contribution in [0.1, 0.15) is 22.3 Å². The number of hydrogen-bond acceptors (Lipinski definition) is 6. The highest BCUT2D eigenvalue weighted by Crippen LogP contribution is 2.29. The number of aromatic nitrogens is 1. The van der Waals surface area contributed by atoms with Crippen LogP contribution in [0.4, 0.5) is 0 Å². The molecule has 10 heteroatoms. The zero-order valence-electron chi connectivity index (χ0n) is 14.2. The van der Waals surface area contributed by atoms with E-state index < -0.39 is 9.84 Å². The van der Waals surface area contributed by atoms with E-state index in [1.807, 2.05) is 23.6 Å². The van der Waals surface area contributed by atoms with Gasteiger partial charge in [-0.05, 0) is 11.6 Å². The quantitative estimate of drug-likeness (QED) is 0.744. The summed E-state index contributed by atoms with van der Waals surface area (Å²) in [6, 6.07) is 8.10. The van der Waals surface area contributed by atoms with Gasteiger partial charge in [0.15, 0.2) is 9.84 Å². The van der Waals surface area contributed by atoms with Gasteiger partial charge in [0.25, 0.3) is 0 Å². The van der Waals surface area contributed by atoms with Crippen LogP contribution in [0.5, 0.6) is 0 Å². The molecule has 26 heavy (non-hydrogen) atoms. The van der Waals surface area contributed by atoms with E-state index in [0.717, 1.165) is 35.9 Å². The van der Waals surface area contributed by atoms with Crippen LogP contribution in [-0.4, -0.2) is 44.2 Å². The van der Waals surface area contributed by atoms with Crippen LogP contribution in [0, 0.1) is 0 Å². The van der Waals surface area contributed by atoms with E-state index in [1.165, 1.54) is 17.6 Å². The molecule has 1 saturated heterocycles. The first-order valence-corrected chi connectivity index (χ1v) is 11.0. The smallest absolute Gasteiger partial charge is 0.153 e. The highest BCUT2D eigenvalue weighted by Gasteiger charge is 2.26. The Kier molecular flexibility index (Phi) is 9.29. The second-order valence-electron chi connectivity index (χ2n) is 6.01. The van der Waals surface area contributed by atoms with Crippen LogP contribution >= 0.6 is 47.8 Å². The maximum Gasteiger partial charge on any atom is 0.153 e. The summed E-state index contributed by atoms with van der Waals surface area (Å²) >= 11 is 7.77. The fourth-order valence-corrected chi connectivity index (χ4v) is 5.17. The van der Waals surface area contributed by atoms with Crippen LogP contribution in [0.25, 0.3) is 0 Å². The van der Waals surface area contributed by atoms with E-state index >= 15 is 0 Å². The summed E-state index contributed by atoms with van der Waals surface area (Å²) in [5.74, 6) is 0.00711. The molecule has 1 N–H and O–H groups in total. The van der Waals surface area contributed by atoms with Gasteiger partial charge >= 0.3 is 0 Å². The van der Waals surface area contributed by atoms with E-state index in [-0.39, 0.29) is 36.6 Å². The summed E-state index contributed by atoms with van der Waals surface area (Å²) in [6.07, 6.45) is 1.23. The topological polar surface area (TPSA) is 62.3 Å². The summed E-state index contributed by atoms with van der Waals surface area (Å²) in [6.45, 7) is 3.35.